The van der Waals surface area contributed by atoms with E-state index in [1.807, 2.05) is 30.3 Å². The van der Waals surface area contributed by atoms with Gasteiger partial charge in [0, 0.05) is 18.7 Å². The summed E-state index contributed by atoms with van der Waals surface area (Å²) in [4.78, 5) is 12.3. The standard InChI is InChI=1S/C20H24N2O5.ClH/c1-13(19(21)14-5-3-2-4-6-14)20(24)22-10-15(23)11-25-16-7-8-17-18(9-16)27-12-26-17;/h2-9,13,15,19,23H,10-12,21H2,1H3,(H,22,24);1H. The van der Waals surface area contributed by atoms with Crippen LogP contribution < -0.4 is 25.3 Å². The summed E-state index contributed by atoms with van der Waals surface area (Å²) in [6, 6.07) is 14.2. The predicted molar refractivity (Wildman–Crippen MR) is 107 cm³/mol. The molecule has 0 aliphatic carbocycles. The van der Waals surface area contributed by atoms with E-state index in [0.29, 0.717) is 17.2 Å². The SMILES string of the molecule is CC(C(=O)NCC(O)COc1ccc2c(c1)OCO2)C(N)c1ccccc1.Cl. The fourth-order valence-corrected chi connectivity index (χ4v) is 2.72. The zero-order valence-electron chi connectivity index (χ0n) is 15.5. The molecule has 0 spiro atoms. The minimum atomic E-state index is -0.848. The van der Waals surface area contributed by atoms with Gasteiger partial charge in [0.25, 0.3) is 0 Å². The highest BCUT2D eigenvalue weighted by Crippen LogP contribution is 2.35. The molecule has 8 heteroatoms. The number of halogens is 1. The van der Waals surface area contributed by atoms with E-state index in [0.717, 1.165) is 5.56 Å². The second kappa shape index (κ2) is 10.2. The summed E-state index contributed by atoms with van der Waals surface area (Å²) in [5.41, 5.74) is 7.05. The number of hydrogen-bond donors (Lipinski definition) is 3. The molecule has 3 atom stereocenters. The first kappa shape index (κ1) is 21.8. The van der Waals surface area contributed by atoms with E-state index in [9.17, 15) is 9.90 Å². The fraction of sp³-hybridized carbons (Fsp3) is 0.350. The Bertz CT molecular complexity index is 774. The lowest BCUT2D eigenvalue weighted by molar-refractivity contribution is -0.125. The van der Waals surface area contributed by atoms with Gasteiger partial charge in [0.05, 0.1) is 5.92 Å². The van der Waals surface area contributed by atoms with Crippen LogP contribution in [0.1, 0.15) is 18.5 Å². The summed E-state index contributed by atoms with van der Waals surface area (Å²) in [5, 5.41) is 12.8. The van der Waals surface area contributed by atoms with Crippen molar-refractivity contribution < 1.29 is 24.1 Å². The van der Waals surface area contributed by atoms with Crippen molar-refractivity contribution in [3.8, 4) is 17.2 Å². The van der Waals surface area contributed by atoms with E-state index >= 15 is 0 Å². The first-order valence-corrected chi connectivity index (χ1v) is 8.83. The molecule has 3 rings (SSSR count). The lowest BCUT2D eigenvalue weighted by Crippen LogP contribution is -2.40. The van der Waals surface area contributed by atoms with Crippen LogP contribution in [0.2, 0.25) is 0 Å². The molecule has 0 bridgehead atoms. The van der Waals surface area contributed by atoms with Gasteiger partial charge in [0.15, 0.2) is 11.5 Å². The van der Waals surface area contributed by atoms with Crippen LogP contribution >= 0.6 is 12.4 Å². The second-order valence-electron chi connectivity index (χ2n) is 6.45. The van der Waals surface area contributed by atoms with E-state index in [-0.39, 0.29) is 38.3 Å². The number of ether oxygens (including phenoxy) is 3. The van der Waals surface area contributed by atoms with E-state index in [4.69, 9.17) is 19.9 Å². The molecule has 2 aromatic rings. The van der Waals surface area contributed by atoms with Crippen LogP contribution in [-0.2, 0) is 4.79 Å². The molecule has 1 heterocycles. The lowest BCUT2D eigenvalue weighted by Gasteiger charge is -2.21. The Morgan fingerprint density at radius 1 is 1.21 bits per heavy atom. The molecule has 28 heavy (non-hydrogen) atoms. The van der Waals surface area contributed by atoms with Gasteiger partial charge in [0.1, 0.15) is 18.5 Å². The van der Waals surface area contributed by atoms with Gasteiger partial charge in [-0.1, -0.05) is 37.3 Å². The number of carbonyl (C=O) groups excluding carboxylic acids is 1. The smallest absolute Gasteiger partial charge is 0.231 e. The van der Waals surface area contributed by atoms with Crippen molar-refractivity contribution >= 4 is 18.3 Å². The number of fused-ring (bicyclic) bond motifs is 1. The van der Waals surface area contributed by atoms with Crippen molar-refractivity contribution in [1.29, 1.82) is 0 Å². The Morgan fingerprint density at radius 3 is 2.68 bits per heavy atom. The second-order valence-corrected chi connectivity index (χ2v) is 6.45. The largest absolute Gasteiger partial charge is 0.491 e. The lowest BCUT2D eigenvalue weighted by atomic mass is 9.94. The average Bonchev–Trinajstić information content (AvgIpc) is 3.17. The Hall–Kier alpha value is -2.48. The molecule has 0 aromatic heterocycles. The highest BCUT2D eigenvalue weighted by Gasteiger charge is 2.22. The van der Waals surface area contributed by atoms with Crippen molar-refractivity contribution in [3.05, 3.63) is 54.1 Å². The molecule has 4 N–H and O–H groups in total. The van der Waals surface area contributed by atoms with E-state index in [1.165, 1.54) is 0 Å². The summed E-state index contributed by atoms with van der Waals surface area (Å²) >= 11 is 0. The average molecular weight is 409 g/mol. The van der Waals surface area contributed by atoms with Crippen LogP contribution in [0.4, 0.5) is 0 Å². The molecule has 3 unspecified atom stereocenters. The third-order valence-electron chi connectivity index (χ3n) is 4.44. The first-order chi connectivity index (χ1) is 13.0. The van der Waals surface area contributed by atoms with Crippen LogP contribution in [0.5, 0.6) is 17.2 Å². The van der Waals surface area contributed by atoms with E-state index in [2.05, 4.69) is 5.32 Å². The quantitative estimate of drug-likeness (QED) is 0.617. The molecule has 0 saturated carbocycles. The van der Waals surface area contributed by atoms with Crippen LogP contribution in [0.3, 0.4) is 0 Å². The van der Waals surface area contributed by atoms with Crippen molar-refractivity contribution in [3.63, 3.8) is 0 Å². The van der Waals surface area contributed by atoms with Crippen LogP contribution in [-0.4, -0.2) is 37.1 Å². The van der Waals surface area contributed by atoms with Gasteiger partial charge in [-0.15, -0.1) is 12.4 Å². The zero-order chi connectivity index (χ0) is 19.2. The summed E-state index contributed by atoms with van der Waals surface area (Å²) in [5.74, 6) is 1.20. The highest BCUT2D eigenvalue weighted by molar-refractivity contribution is 5.85. The van der Waals surface area contributed by atoms with Gasteiger partial charge in [-0.2, -0.15) is 0 Å². The van der Waals surface area contributed by atoms with Crippen molar-refractivity contribution in [2.45, 2.75) is 19.1 Å². The van der Waals surface area contributed by atoms with E-state index < -0.39 is 18.1 Å². The number of amides is 1. The summed E-state index contributed by atoms with van der Waals surface area (Å²) in [6.07, 6.45) is -0.848. The van der Waals surface area contributed by atoms with Crippen molar-refractivity contribution in [1.82, 2.24) is 5.32 Å². The molecule has 0 saturated heterocycles. The Labute approximate surface area is 170 Å². The van der Waals surface area contributed by atoms with Crippen LogP contribution in [0, 0.1) is 5.92 Å². The van der Waals surface area contributed by atoms with Crippen molar-refractivity contribution in [2.75, 3.05) is 19.9 Å². The van der Waals surface area contributed by atoms with Gasteiger partial charge in [-0.3, -0.25) is 4.79 Å². The Balaban J connectivity index is 0.00000280. The number of rotatable bonds is 8. The number of carbonyl (C=O) groups is 1. The number of benzene rings is 2. The normalized spacial score (nSPS) is 15.1. The number of nitrogens with two attached hydrogens (primary N) is 1. The minimum Gasteiger partial charge on any atom is -0.491 e. The minimum absolute atomic E-state index is 0. The zero-order valence-corrected chi connectivity index (χ0v) is 16.4. The maximum atomic E-state index is 12.3. The van der Waals surface area contributed by atoms with Gasteiger partial charge < -0.3 is 30.4 Å². The molecule has 152 valence electrons. The topological polar surface area (TPSA) is 103 Å². The first-order valence-electron chi connectivity index (χ1n) is 8.83. The number of nitrogens with one attached hydrogen (secondary N) is 1. The van der Waals surface area contributed by atoms with Gasteiger partial charge in [0.2, 0.25) is 12.7 Å². The third-order valence-corrected chi connectivity index (χ3v) is 4.44. The fourth-order valence-electron chi connectivity index (χ4n) is 2.72. The molecular formula is C20H25ClN2O5. The molecule has 0 radical (unpaired) electrons. The van der Waals surface area contributed by atoms with Gasteiger partial charge in [-0.25, -0.2) is 0 Å². The summed E-state index contributed by atoms with van der Waals surface area (Å²) < 4.78 is 16.1. The summed E-state index contributed by atoms with van der Waals surface area (Å²) in [7, 11) is 0. The molecule has 1 amide bonds. The molecule has 7 nitrogen and oxygen atoms in total. The maximum Gasteiger partial charge on any atom is 0.231 e. The highest BCUT2D eigenvalue weighted by atomic mass is 35.5. The Kier molecular flexibility index (Phi) is 7.92. The number of hydrogen-bond acceptors (Lipinski definition) is 6. The maximum absolute atomic E-state index is 12.3. The van der Waals surface area contributed by atoms with Crippen molar-refractivity contribution in [2.24, 2.45) is 11.7 Å². The summed E-state index contributed by atoms with van der Waals surface area (Å²) in [6.45, 7) is 2.08. The molecule has 1 aliphatic rings. The molecule has 0 fully saturated rings. The Morgan fingerprint density at radius 2 is 1.93 bits per heavy atom. The van der Waals surface area contributed by atoms with Gasteiger partial charge in [-0.05, 0) is 17.7 Å². The van der Waals surface area contributed by atoms with Crippen LogP contribution in [0.15, 0.2) is 48.5 Å². The third kappa shape index (κ3) is 5.51. The van der Waals surface area contributed by atoms with Crippen LogP contribution in [0.25, 0.3) is 0 Å². The number of aliphatic hydroxyl groups is 1. The van der Waals surface area contributed by atoms with E-state index in [1.54, 1.807) is 25.1 Å². The van der Waals surface area contributed by atoms with Gasteiger partial charge >= 0.3 is 0 Å². The number of aliphatic hydroxyl groups excluding tert-OH is 1. The predicted octanol–water partition coefficient (Wildman–Crippen LogP) is 2.03. The monoisotopic (exact) mass is 408 g/mol. The molecule has 1 aliphatic heterocycles. The molecular weight excluding hydrogens is 384 g/mol. The molecule has 2 aromatic carbocycles.